The van der Waals surface area contributed by atoms with E-state index in [1.54, 1.807) is 12.1 Å². The molecule has 0 aliphatic heterocycles. The zero-order chi connectivity index (χ0) is 12.1. The van der Waals surface area contributed by atoms with Crippen LogP contribution in [-0.2, 0) is 0 Å². The summed E-state index contributed by atoms with van der Waals surface area (Å²) in [5.41, 5.74) is 0.824. The third kappa shape index (κ3) is 2.88. The van der Waals surface area contributed by atoms with Crippen molar-refractivity contribution >= 4 is 16.8 Å². The lowest BCUT2D eigenvalue weighted by Gasteiger charge is -2.11. The number of rotatable bonds is 3. The molecule has 0 aromatic heterocycles. The fourth-order valence-corrected chi connectivity index (χ4v) is 1.28. The Labute approximate surface area is 98.7 Å². The molecule has 5 heteroatoms. The van der Waals surface area contributed by atoms with Crippen molar-refractivity contribution in [2.45, 2.75) is 20.0 Å². The average Bonchev–Trinajstić information content (AvgIpc) is 2.27. The summed E-state index contributed by atoms with van der Waals surface area (Å²) >= 11 is 5.63. The molecule has 0 radical (unpaired) electrons. The summed E-state index contributed by atoms with van der Waals surface area (Å²) in [6, 6.07) is 6.77. The van der Waals surface area contributed by atoms with Crippen molar-refractivity contribution in [3.05, 3.63) is 29.3 Å². The van der Waals surface area contributed by atoms with Crippen LogP contribution in [0.4, 0.5) is 0 Å². The predicted molar refractivity (Wildman–Crippen MR) is 61.1 cm³/mol. The minimum atomic E-state index is -0.0624. The number of oxime groups is 1. The Morgan fingerprint density at radius 2 is 2.25 bits per heavy atom. The molecule has 0 aliphatic rings. The van der Waals surface area contributed by atoms with Crippen LogP contribution in [0.5, 0.6) is 5.75 Å². The van der Waals surface area contributed by atoms with Gasteiger partial charge in [-0.3, -0.25) is 0 Å². The van der Waals surface area contributed by atoms with Gasteiger partial charge < -0.3 is 9.94 Å². The molecule has 1 N–H and O–H groups in total. The SMILES string of the molecule is CC(C)Oc1ccc(/C(Cl)=N\O)cc1C#N. The zero-order valence-corrected chi connectivity index (χ0v) is 9.69. The summed E-state index contributed by atoms with van der Waals surface area (Å²) in [5.74, 6) is 0.489. The third-order valence-corrected chi connectivity index (χ3v) is 2.08. The molecule has 0 saturated heterocycles. The quantitative estimate of drug-likeness (QED) is 0.500. The number of benzene rings is 1. The van der Waals surface area contributed by atoms with E-state index in [2.05, 4.69) is 5.16 Å². The third-order valence-electron chi connectivity index (χ3n) is 1.79. The van der Waals surface area contributed by atoms with Crippen molar-refractivity contribution in [2.75, 3.05) is 0 Å². The lowest BCUT2D eigenvalue weighted by Crippen LogP contribution is -2.07. The molecule has 16 heavy (non-hydrogen) atoms. The van der Waals surface area contributed by atoms with Gasteiger partial charge in [0.1, 0.15) is 11.8 Å². The second-order valence-corrected chi connectivity index (χ2v) is 3.74. The van der Waals surface area contributed by atoms with Crippen LogP contribution in [0.1, 0.15) is 25.0 Å². The van der Waals surface area contributed by atoms with Gasteiger partial charge in [0.25, 0.3) is 0 Å². The maximum Gasteiger partial charge on any atom is 0.175 e. The first-order valence-corrected chi connectivity index (χ1v) is 5.05. The van der Waals surface area contributed by atoms with Crippen LogP contribution in [0.3, 0.4) is 0 Å². The Hall–Kier alpha value is -1.73. The van der Waals surface area contributed by atoms with Crippen LogP contribution >= 0.6 is 11.6 Å². The number of ether oxygens (including phenoxy) is 1. The van der Waals surface area contributed by atoms with E-state index in [9.17, 15) is 0 Å². The van der Waals surface area contributed by atoms with Crippen LogP contribution in [0, 0.1) is 11.3 Å². The monoisotopic (exact) mass is 238 g/mol. The summed E-state index contributed by atoms with van der Waals surface area (Å²) < 4.78 is 5.44. The van der Waals surface area contributed by atoms with Crippen molar-refractivity contribution in [2.24, 2.45) is 5.16 Å². The van der Waals surface area contributed by atoms with Crippen LogP contribution in [0.2, 0.25) is 0 Å². The van der Waals surface area contributed by atoms with Crippen molar-refractivity contribution in [3.8, 4) is 11.8 Å². The van der Waals surface area contributed by atoms with E-state index in [0.717, 1.165) is 0 Å². The van der Waals surface area contributed by atoms with E-state index < -0.39 is 0 Å². The molecule has 1 aromatic rings. The molecular weight excluding hydrogens is 228 g/mol. The number of halogens is 1. The summed E-state index contributed by atoms with van der Waals surface area (Å²) in [4.78, 5) is 0. The van der Waals surface area contributed by atoms with Gasteiger partial charge in [0, 0.05) is 5.56 Å². The van der Waals surface area contributed by atoms with Gasteiger partial charge in [-0.15, -0.1) is 0 Å². The zero-order valence-electron chi connectivity index (χ0n) is 8.94. The molecule has 84 valence electrons. The second-order valence-electron chi connectivity index (χ2n) is 3.38. The molecule has 1 rings (SSSR count). The summed E-state index contributed by atoms with van der Waals surface area (Å²) in [6.45, 7) is 3.74. The van der Waals surface area contributed by atoms with Gasteiger partial charge in [-0.25, -0.2) is 0 Å². The van der Waals surface area contributed by atoms with Crippen LogP contribution in [0.25, 0.3) is 0 Å². The van der Waals surface area contributed by atoms with E-state index in [1.807, 2.05) is 19.9 Å². The van der Waals surface area contributed by atoms with E-state index >= 15 is 0 Å². The van der Waals surface area contributed by atoms with E-state index in [4.69, 9.17) is 26.8 Å². The first-order chi connectivity index (χ1) is 7.58. The van der Waals surface area contributed by atoms with E-state index in [0.29, 0.717) is 16.9 Å². The maximum absolute atomic E-state index is 8.93. The van der Waals surface area contributed by atoms with Gasteiger partial charge in [0.05, 0.1) is 11.7 Å². The fourth-order valence-electron chi connectivity index (χ4n) is 1.16. The van der Waals surface area contributed by atoms with E-state index in [-0.39, 0.29) is 11.3 Å². The molecule has 0 spiro atoms. The number of nitrogens with zero attached hydrogens (tertiary/aromatic N) is 2. The van der Waals surface area contributed by atoms with Gasteiger partial charge in [-0.1, -0.05) is 16.8 Å². The number of nitriles is 1. The molecule has 0 heterocycles. The molecule has 1 aromatic carbocycles. The molecule has 0 aliphatic carbocycles. The largest absolute Gasteiger partial charge is 0.490 e. The summed E-state index contributed by atoms with van der Waals surface area (Å²) in [6.07, 6.45) is -0.0140. The Bertz CT molecular complexity index is 450. The normalized spacial score (nSPS) is 11.3. The van der Waals surface area contributed by atoms with Crippen molar-refractivity contribution in [1.82, 2.24) is 0 Å². The van der Waals surface area contributed by atoms with E-state index in [1.165, 1.54) is 6.07 Å². The Morgan fingerprint density at radius 1 is 1.56 bits per heavy atom. The minimum absolute atomic E-state index is 0.0140. The average molecular weight is 239 g/mol. The van der Waals surface area contributed by atoms with Gasteiger partial charge in [-0.2, -0.15) is 5.26 Å². The number of hydrogen-bond donors (Lipinski definition) is 1. The first kappa shape index (κ1) is 12.3. The smallest absolute Gasteiger partial charge is 0.175 e. The molecule has 0 fully saturated rings. The maximum atomic E-state index is 8.93. The van der Waals surface area contributed by atoms with Crippen LogP contribution in [-0.4, -0.2) is 16.5 Å². The lowest BCUT2D eigenvalue weighted by molar-refractivity contribution is 0.241. The minimum Gasteiger partial charge on any atom is -0.490 e. The van der Waals surface area contributed by atoms with Gasteiger partial charge in [-0.05, 0) is 32.0 Å². The Morgan fingerprint density at radius 3 is 2.75 bits per heavy atom. The summed E-state index contributed by atoms with van der Waals surface area (Å²) in [7, 11) is 0. The highest BCUT2D eigenvalue weighted by Gasteiger charge is 2.09. The van der Waals surface area contributed by atoms with Crippen LogP contribution in [0.15, 0.2) is 23.4 Å². The van der Waals surface area contributed by atoms with Crippen molar-refractivity contribution in [1.29, 1.82) is 5.26 Å². The summed E-state index contributed by atoms with van der Waals surface area (Å²) in [5, 5.41) is 20.2. The Kier molecular flexibility index (Phi) is 4.15. The lowest BCUT2D eigenvalue weighted by atomic mass is 10.1. The van der Waals surface area contributed by atoms with Crippen molar-refractivity contribution in [3.63, 3.8) is 0 Å². The van der Waals surface area contributed by atoms with Gasteiger partial charge >= 0.3 is 0 Å². The molecule has 0 saturated carbocycles. The topological polar surface area (TPSA) is 65.6 Å². The number of hydrogen-bond acceptors (Lipinski definition) is 4. The van der Waals surface area contributed by atoms with Crippen LogP contribution < -0.4 is 4.74 Å². The highest BCUT2D eigenvalue weighted by atomic mass is 35.5. The second kappa shape index (κ2) is 5.38. The van der Waals surface area contributed by atoms with Gasteiger partial charge in [0.2, 0.25) is 0 Å². The van der Waals surface area contributed by atoms with Gasteiger partial charge in [0.15, 0.2) is 5.17 Å². The molecule has 0 amide bonds. The van der Waals surface area contributed by atoms with Crippen molar-refractivity contribution < 1.29 is 9.94 Å². The predicted octanol–water partition coefficient (Wildman–Crippen LogP) is 2.72. The first-order valence-electron chi connectivity index (χ1n) is 4.67. The standard InChI is InChI=1S/C11H11ClN2O2/c1-7(2)16-10-4-3-8(11(12)14-15)5-9(10)6-13/h3-5,7,15H,1-2H3/b14-11+. The molecular formula is C11H11ClN2O2. The highest BCUT2D eigenvalue weighted by Crippen LogP contribution is 2.21. The molecule has 0 bridgehead atoms. The highest BCUT2D eigenvalue weighted by molar-refractivity contribution is 6.69. The Balaban J connectivity index is 3.13. The molecule has 0 unspecified atom stereocenters. The fraction of sp³-hybridized carbons (Fsp3) is 0.273. The molecule has 0 atom stereocenters. The molecule has 4 nitrogen and oxygen atoms in total.